The van der Waals surface area contributed by atoms with Crippen molar-refractivity contribution in [3.05, 3.63) is 39.4 Å². The molecule has 96 valence electrons. The van der Waals surface area contributed by atoms with Crippen LogP contribution in [-0.4, -0.2) is 23.7 Å². The third-order valence-corrected chi connectivity index (χ3v) is 2.87. The minimum absolute atomic E-state index is 0.00791. The fraction of sp³-hybridized carbons (Fsp3) is 0.364. The van der Waals surface area contributed by atoms with Gasteiger partial charge in [-0.3, -0.25) is 10.1 Å². The molecule has 0 aromatic heterocycles. The maximum Gasteiger partial charge on any atom is 0.404 e. The van der Waals surface area contributed by atoms with E-state index in [1.54, 1.807) is 12.1 Å². The number of carbonyl (C=O) groups is 1. The Morgan fingerprint density at radius 2 is 2.33 bits per heavy atom. The second kappa shape index (κ2) is 5.01. The van der Waals surface area contributed by atoms with E-state index in [2.05, 4.69) is 5.32 Å². The van der Waals surface area contributed by atoms with Gasteiger partial charge in [0.2, 0.25) is 0 Å². The minimum atomic E-state index is -0.800. The van der Waals surface area contributed by atoms with E-state index in [0.29, 0.717) is 13.0 Å². The molecule has 3 N–H and O–H groups in total. The molecule has 1 atom stereocenters. The number of nitro benzene ring substituents is 1. The molecule has 0 fully saturated rings. The summed E-state index contributed by atoms with van der Waals surface area (Å²) in [6, 6.07) is 4.78. The summed E-state index contributed by atoms with van der Waals surface area (Å²) in [6.07, 6.45) is -0.146. The van der Waals surface area contributed by atoms with Gasteiger partial charge in [0.25, 0.3) is 5.69 Å². The molecule has 1 aromatic carbocycles. The van der Waals surface area contributed by atoms with Crippen molar-refractivity contribution in [2.45, 2.75) is 19.0 Å². The zero-order chi connectivity index (χ0) is 13.1. The number of non-ortho nitro benzene ring substituents is 1. The summed E-state index contributed by atoms with van der Waals surface area (Å²) in [5.41, 5.74) is 6.91. The summed E-state index contributed by atoms with van der Waals surface area (Å²) in [7, 11) is 0. The number of hydrogen-bond acceptors (Lipinski definition) is 5. The fourth-order valence-corrected chi connectivity index (χ4v) is 1.98. The molecule has 0 bridgehead atoms. The Bertz CT molecular complexity index is 489. The highest BCUT2D eigenvalue weighted by atomic mass is 16.6. The number of ether oxygens (including phenoxy) is 1. The number of primary amides is 1. The largest absolute Gasteiger partial charge is 0.448 e. The van der Waals surface area contributed by atoms with Crippen LogP contribution in [0.4, 0.5) is 10.5 Å². The Balaban J connectivity index is 2.06. The molecule has 1 aromatic rings. The Labute approximate surface area is 103 Å². The first-order valence-electron chi connectivity index (χ1n) is 5.48. The Hall–Kier alpha value is -2.15. The first-order valence-corrected chi connectivity index (χ1v) is 5.48. The number of nitrogens with one attached hydrogen (secondary N) is 1. The molecule has 7 heteroatoms. The van der Waals surface area contributed by atoms with Crippen LogP contribution in [0.15, 0.2) is 18.2 Å². The predicted octanol–water partition coefficient (Wildman–Crippen LogP) is 0.704. The second-order valence-corrected chi connectivity index (χ2v) is 4.12. The van der Waals surface area contributed by atoms with E-state index in [9.17, 15) is 14.9 Å². The van der Waals surface area contributed by atoms with Crippen LogP contribution in [0.2, 0.25) is 0 Å². The van der Waals surface area contributed by atoms with Crippen molar-refractivity contribution in [1.82, 2.24) is 5.32 Å². The molecule has 2 rings (SSSR count). The lowest BCUT2D eigenvalue weighted by Gasteiger charge is -2.25. The fourth-order valence-electron chi connectivity index (χ4n) is 1.98. The van der Waals surface area contributed by atoms with E-state index in [1.807, 2.05) is 0 Å². The van der Waals surface area contributed by atoms with Crippen LogP contribution in [0, 0.1) is 10.1 Å². The van der Waals surface area contributed by atoms with Crippen LogP contribution >= 0.6 is 0 Å². The van der Waals surface area contributed by atoms with Crippen LogP contribution in [0.5, 0.6) is 0 Å². The first-order chi connectivity index (χ1) is 8.56. The number of fused-ring (bicyclic) bond motifs is 1. The van der Waals surface area contributed by atoms with Crippen molar-refractivity contribution < 1.29 is 14.5 Å². The summed E-state index contributed by atoms with van der Waals surface area (Å²) in [5, 5.41) is 13.8. The maximum absolute atomic E-state index is 10.6. The smallest absolute Gasteiger partial charge is 0.404 e. The van der Waals surface area contributed by atoms with Crippen molar-refractivity contribution in [2.75, 3.05) is 6.61 Å². The number of rotatable bonds is 3. The van der Waals surface area contributed by atoms with Gasteiger partial charge in [-0.05, 0) is 17.5 Å². The highest BCUT2D eigenvalue weighted by Gasteiger charge is 2.20. The molecule has 18 heavy (non-hydrogen) atoms. The standard InChI is InChI=1S/C11H13N3O4/c12-11(15)18-6-9-3-7-1-2-10(14(16)17)4-8(7)5-13-9/h1-2,4,9,13H,3,5-6H2,(H2,12,15)/t9-/m0/s1. The van der Waals surface area contributed by atoms with E-state index < -0.39 is 11.0 Å². The van der Waals surface area contributed by atoms with E-state index >= 15 is 0 Å². The van der Waals surface area contributed by atoms with Crippen molar-refractivity contribution in [2.24, 2.45) is 5.73 Å². The van der Waals surface area contributed by atoms with Crippen molar-refractivity contribution >= 4 is 11.8 Å². The highest BCUT2D eigenvalue weighted by Crippen LogP contribution is 2.22. The van der Waals surface area contributed by atoms with Gasteiger partial charge in [0.15, 0.2) is 0 Å². The van der Waals surface area contributed by atoms with Gasteiger partial charge >= 0.3 is 6.09 Å². The Morgan fingerprint density at radius 3 is 3.00 bits per heavy atom. The van der Waals surface area contributed by atoms with Gasteiger partial charge in [0.1, 0.15) is 6.61 Å². The molecule has 7 nitrogen and oxygen atoms in total. The summed E-state index contributed by atoms with van der Waals surface area (Å²) >= 11 is 0. The molecule has 1 aliphatic heterocycles. The molecule has 0 unspecified atom stereocenters. The molecular formula is C11H13N3O4. The molecule has 0 saturated heterocycles. The van der Waals surface area contributed by atoms with E-state index in [4.69, 9.17) is 10.5 Å². The Kier molecular flexibility index (Phi) is 3.42. The predicted molar refractivity (Wildman–Crippen MR) is 63.0 cm³/mol. The van der Waals surface area contributed by atoms with Gasteiger partial charge in [0, 0.05) is 24.7 Å². The molecule has 0 aliphatic carbocycles. The number of nitrogens with zero attached hydrogens (tertiary/aromatic N) is 1. The zero-order valence-corrected chi connectivity index (χ0v) is 9.59. The maximum atomic E-state index is 10.6. The van der Waals surface area contributed by atoms with E-state index in [-0.39, 0.29) is 18.3 Å². The van der Waals surface area contributed by atoms with Gasteiger partial charge in [-0.1, -0.05) is 6.07 Å². The van der Waals surface area contributed by atoms with Crippen LogP contribution in [-0.2, 0) is 17.7 Å². The monoisotopic (exact) mass is 251 g/mol. The molecule has 1 aliphatic rings. The number of carbonyl (C=O) groups excluding carboxylic acids is 1. The van der Waals surface area contributed by atoms with Gasteiger partial charge in [-0.15, -0.1) is 0 Å². The lowest BCUT2D eigenvalue weighted by atomic mass is 9.96. The molecule has 0 radical (unpaired) electrons. The normalized spacial score (nSPS) is 17.9. The average Bonchev–Trinajstić information content (AvgIpc) is 2.35. The summed E-state index contributed by atoms with van der Waals surface area (Å²) < 4.78 is 4.73. The highest BCUT2D eigenvalue weighted by molar-refractivity contribution is 5.64. The van der Waals surface area contributed by atoms with Gasteiger partial charge < -0.3 is 15.8 Å². The molecule has 1 heterocycles. The topological polar surface area (TPSA) is 107 Å². The molecular weight excluding hydrogens is 238 g/mol. The van der Waals surface area contributed by atoms with Crippen molar-refractivity contribution in [3.63, 3.8) is 0 Å². The van der Waals surface area contributed by atoms with Crippen LogP contribution < -0.4 is 11.1 Å². The second-order valence-electron chi connectivity index (χ2n) is 4.12. The zero-order valence-electron chi connectivity index (χ0n) is 9.59. The number of benzene rings is 1. The number of hydrogen-bond donors (Lipinski definition) is 2. The van der Waals surface area contributed by atoms with Crippen molar-refractivity contribution in [1.29, 1.82) is 0 Å². The van der Waals surface area contributed by atoms with Crippen LogP contribution in [0.3, 0.4) is 0 Å². The van der Waals surface area contributed by atoms with E-state index in [1.165, 1.54) is 6.07 Å². The average molecular weight is 251 g/mol. The number of amides is 1. The van der Waals surface area contributed by atoms with Gasteiger partial charge in [-0.25, -0.2) is 4.79 Å². The SMILES string of the molecule is NC(=O)OC[C@@H]1Cc2ccc([N+](=O)[O-])cc2CN1. The number of nitrogens with two attached hydrogens (primary N) is 1. The van der Waals surface area contributed by atoms with Crippen molar-refractivity contribution in [3.8, 4) is 0 Å². The van der Waals surface area contributed by atoms with Crippen LogP contribution in [0.1, 0.15) is 11.1 Å². The summed E-state index contributed by atoms with van der Waals surface area (Å²) in [6.45, 7) is 0.718. The van der Waals surface area contributed by atoms with E-state index in [0.717, 1.165) is 11.1 Å². The third-order valence-electron chi connectivity index (χ3n) is 2.87. The molecule has 1 amide bonds. The third kappa shape index (κ3) is 2.75. The minimum Gasteiger partial charge on any atom is -0.448 e. The Morgan fingerprint density at radius 1 is 1.56 bits per heavy atom. The molecule has 0 saturated carbocycles. The summed E-state index contributed by atoms with van der Waals surface area (Å²) in [4.78, 5) is 20.7. The number of nitro groups is 1. The molecule has 0 spiro atoms. The van der Waals surface area contributed by atoms with Crippen LogP contribution in [0.25, 0.3) is 0 Å². The van der Waals surface area contributed by atoms with Gasteiger partial charge in [0.05, 0.1) is 4.92 Å². The lowest BCUT2D eigenvalue weighted by molar-refractivity contribution is -0.384. The quantitative estimate of drug-likeness (QED) is 0.607. The summed E-state index contributed by atoms with van der Waals surface area (Å²) in [5.74, 6) is 0. The van der Waals surface area contributed by atoms with Gasteiger partial charge in [-0.2, -0.15) is 0 Å². The lowest BCUT2D eigenvalue weighted by Crippen LogP contribution is -2.40. The first kappa shape index (κ1) is 12.3.